The van der Waals surface area contributed by atoms with Crippen LogP contribution < -0.4 is 5.73 Å². The van der Waals surface area contributed by atoms with Gasteiger partial charge in [0, 0.05) is 12.0 Å². The maximum absolute atomic E-state index is 13.9. The predicted octanol–water partition coefficient (Wildman–Crippen LogP) is 3.85. The second kappa shape index (κ2) is 5.57. The van der Waals surface area contributed by atoms with Crippen LogP contribution in [0.2, 0.25) is 0 Å². The third-order valence-electron chi connectivity index (χ3n) is 4.02. The lowest BCUT2D eigenvalue weighted by atomic mass is 9.69. The van der Waals surface area contributed by atoms with Crippen LogP contribution in [-0.2, 0) is 5.41 Å². The van der Waals surface area contributed by atoms with E-state index in [1.807, 2.05) is 0 Å². The molecule has 1 saturated carbocycles. The Morgan fingerprint density at radius 3 is 2.17 bits per heavy atom. The summed E-state index contributed by atoms with van der Waals surface area (Å²) >= 11 is 1.10. The lowest BCUT2D eigenvalue weighted by molar-refractivity contribution is 0.298. The van der Waals surface area contributed by atoms with Crippen LogP contribution in [0, 0.1) is 11.6 Å². The summed E-state index contributed by atoms with van der Waals surface area (Å²) in [6.07, 6.45) is 6.91. The minimum atomic E-state index is -0.462. The topological polar surface area (TPSA) is 26.0 Å². The van der Waals surface area contributed by atoms with Gasteiger partial charge in [0.15, 0.2) is 0 Å². The van der Waals surface area contributed by atoms with Crippen molar-refractivity contribution in [2.24, 2.45) is 5.73 Å². The van der Waals surface area contributed by atoms with E-state index in [1.165, 1.54) is 18.6 Å². The normalized spacial score (nSPS) is 18.9. The first-order chi connectivity index (χ1) is 8.63. The summed E-state index contributed by atoms with van der Waals surface area (Å²) in [6.45, 7) is 0.463. The van der Waals surface area contributed by atoms with Gasteiger partial charge in [-0.3, -0.25) is 0 Å². The molecule has 0 saturated heterocycles. The van der Waals surface area contributed by atoms with Crippen molar-refractivity contribution in [3.8, 4) is 0 Å². The van der Waals surface area contributed by atoms with Crippen LogP contribution in [0.4, 0.5) is 8.78 Å². The third-order valence-corrected chi connectivity index (χ3v) is 4.81. The lowest BCUT2D eigenvalue weighted by Crippen LogP contribution is -2.37. The molecule has 0 amide bonds. The van der Waals surface area contributed by atoms with Gasteiger partial charge in [0.05, 0.1) is 4.90 Å². The summed E-state index contributed by atoms with van der Waals surface area (Å²) in [4.78, 5) is 0.0988. The van der Waals surface area contributed by atoms with Crippen molar-refractivity contribution in [1.29, 1.82) is 0 Å². The average molecular weight is 271 g/mol. The smallest absolute Gasteiger partial charge is 0.140 e. The second-order valence-electron chi connectivity index (χ2n) is 5.02. The zero-order valence-electron chi connectivity index (χ0n) is 10.6. The molecular weight excluding hydrogens is 252 g/mol. The maximum atomic E-state index is 13.9. The summed E-state index contributed by atoms with van der Waals surface area (Å²) in [5.74, 6) is -0.924. The van der Waals surface area contributed by atoms with E-state index >= 15 is 0 Å². The Balaban J connectivity index is 2.43. The first kappa shape index (κ1) is 13.8. The predicted molar refractivity (Wildman–Crippen MR) is 72.0 cm³/mol. The first-order valence-corrected chi connectivity index (χ1v) is 7.59. The second-order valence-corrected chi connectivity index (χ2v) is 5.83. The summed E-state index contributed by atoms with van der Waals surface area (Å²) in [7, 11) is 0. The monoisotopic (exact) mass is 271 g/mol. The highest BCUT2D eigenvalue weighted by Crippen LogP contribution is 2.40. The summed E-state index contributed by atoms with van der Waals surface area (Å²) in [5.41, 5.74) is 6.40. The highest BCUT2D eigenvalue weighted by atomic mass is 32.2. The minimum absolute atomic E-state index is 0.0988. The summed E-state index contributed by atoms with van der Waals surface area (Å²) in [6, 6.07) is 2.96. The molecule has 1 aliphatic rings. The molecule has 2 N–H and O–H groups in total. The fourth-order valence-electron chi connectivity index (χ4n) is 2.90. The van der Waals surface area contributed by atoms with Crippen LogP contribution in [0.25, 0.3) is 0 Å². The first-order valence-electron chi connectivity index (χ1n) is 6.36. The molecular formula is C14H19F2NS. The van der Waals surface area contributed by atoms with E-state index in [0.717, 1.165) is 43.0 Å². The molecule has 0 unspecified atom stereocenters. The molecule has 4 heteroatoms. The fraction of sp³-hybridized carbons (Fsp3) is 0.571. The largest absolute Gasteiger partial charge is 0.330 e. The molecule has 0 bridgehead atoms. The minimum Gasteiger partial charge on any atom is -0.330 e. The number of hydrogen-bond acceptors (Lipinski definition) is 2. The van der Waals surface area contributed by atoms with Gasteiger partial charge in [-0.05, 0) is 36.8 Å². The van der Waals surface area contributed by atoms with E-state index < -0.39 is 11.6 Å². The van der Waals surface area contributed by atoms with Crippen LogP contribution in [0.5, 0.6) is 0 Å². The van der Waals surface area contributed by atoms with Crippen molar-refractivity contribution in [2.75, 3.05) is 12.8 Å². The standard InChI is InChI=1S/C14H19F2NS/c1-18-13-11(15)7-10(8-12(13)16)14(9-17)5-3-2-4-6-14/h7-8H,2-6,9,17H2,1H3. The molecule has 1 aromatic carbocycles. The Labute approximate surface area is 111 Å². The molecule has 1 aromatic rings. The number of hydrogen-bond donors (Lipinski definition) is 1. The molecule has 0 aliphatic heterocycles. The molecule has 0 aromatic heterocycles. The Hall–Kier alpha value is -0.610. The van der Waals surface area contributed by atoms with E-state index in [0.29, 0.717) is 6.54 Å². The number of rotatable bonds is 3. The zero-order valence-corrected chi connectivity index (χ0v) is 11.5. The van der Waals surface area contributed by atoms with Crippen LogP contribution in [0.3, 0.4) is 0 Å². The van der Waals surface area contributed by atoms with Crippen LogP contribution in [-0.4, -0.2) is 12.8 Å². The van der Waals surface area contributed by atoms with Gasteiger partial charge < -0.3 is 5.73 Å². The van der Waals surface area contributed by atoms with E-state index in [9.17, 15) is 8.78 Å². The van der Waals surface area contributed by atoms with E-state index in [-0.39, 0.29) is 10.3 Å². The molecule has 1 aliphatic carbocycles. The molecule has 100 valence electrons. The Morgan fingerprint density at radius 1 is 1.17 bits per heavy atom. The van der Waals surface area contributed by atoms with Gasteiger partial charge in [-0.2, -0.15) is 0 Å². The van der Waals surface area contributed by atoms with Gasteiger partial charge in [-0.25, -0.2) is 8.78 Å². The zero-order chi connectivity index (χ0) is 13.2. The molecule has 1 nitrogen and oxygen atoms in total. The van der Waals surface area contributed by atoms with Gasteiger partial charge in [-0.1, -0.05) is 19.3 Å². The fourth-order valence-corrected chi connectivity index (χ4v) is 3.41. The van der Waals surface area contributed by atoms with E-state index in [2.05, 4.69) is 0 Å². The van der Waals surface area contributed by atoms with E-state index in [1.54, 1.807) is 6.26 Å². The van der Waals surface area contributed by atoms with Crippen LogP contribution >= 0.6 is 11.8 Å². The van der Waals surface area contributed by atoms with Gasteiger partial charge in [0.2, 0.25) is 0 Å². The van der Waals surface area contributed by atoms with E-state index in [4.69, 9.17) is 5.73 Å². The third kappa shape index (κ3) is 2.41. The molecule has 18 heavy (non-hydrogen) atoms. The van der Waals surface area contributed by atoms with Crippen molar-refractivity contribution in [3.05, 3.63) is 29.3 Å². The van der Waals surface area contributed by atoms with Gasteiger partial charge in [-0.15, -0.1) is 11.8 Å². The molecule has 0 spiro atoms. The van der Waals surface area contributed by atoms with Gasteiger partial charge in [0.1, 0.15) is 11.6 Å². The van der Waals surface area contributed by atoms with Gasteiger partial charge in [0.25, 0.3) is 0 Å². The Bertz CT molecular complexity index is 405. The number of thioether (sulfide) groups is 1. The average Bonchev–Trinajstić information content (AvgIpc) is 2.39. The summed E-state index contributed by atoms with van der Waals surface area (Å²) < 4.78 is 27.7. The van der Waals surface area contributed by atoms with Crippen molar-refractivity contribution in [1.82, 2.24) is 0 Å². The Morgan fingerprint density at radius 2 is 1.72 bits per heavy atom. The molecule has 0 radical (unpaired) electrons. The van der Waals surface area contributed by atoms with Crippen molar-refractivity contribution >= 4 is 11.8 Å². The van der Waals surface area contributed by atoms with Crippen molar-refractivity contribution < 1.29 is 8.78 Å². The molecule has 1 fully saturated rings. The van der Waals surface area contributed by atoms with Crippen LogP contribution in [0.1, 0.15) is 37.7 Å². The number of halogens is 2. The van der Waals surface area contributed by atoms with Crippen molar-refractivity contribution in [2.45, 2.75) is 42.4 Å². The quantitative estimate of drug-likeness (QED) is 0.845. The van der Waals surface area contributed by atoms with Crippen molar-refractivity contribution in [3.63, 3.8) is 0 Å². The van der Waals surface area contributed by atoms with Gasteiger partial charge >= 0.3 is 0 Å². The highest BCUT2D eigenvalue weighted by molar-refractivity contribution is 7.98. The number of benzene rings is 1. The maximum Gasteiger partial charge on any atom is 0.140 e. The highest BCUT2D eigenvalue weighted by Gasteiger charge is 2.33. The number of nitrogens with two attached hydrogens (primary N) is 1. The molecule has 0 atom stereocenters. The molecule has 2 rings (SSSR count). The lowest BCUT2D eigenvalue weighted by Gasteiger charge is -2.37. The summed E-state index contributed by atoms with van der Waals surface area (Å²) in [5, 5.41) is 0. The molecule has 0 heterocycles. The van der Waals surface area contributed by atoms with Crippen LogP contribution in [0.15, 0.2) is 17.0 Å². The SMILES string of the molecule is CSc1c(F)cc(C2(CN)CCCCC2)cc1F. The Kier molecular flexibility index (Phi) is 4.28.